The van der Waals surface area contributed by atoms with E-state index in [4.69, 9.17) is 0 Å². The van der Waals surface area contributed by atoms with Crippen molar-refractivity contribution in [2.45, 2.75) is 25.7 Å². The smallest absolute Gasteiger partial charge is 0.225 e. The Morgan fingerprint density at radius 3 is 2.14 bits per heavy atom. The molecule has 0 unspecified atom stereocenters. The van der Waals surface area contributed by atoms with Crippen LogP contribution in [-0.4, -0.2) is 23.1 Å². The highest BCUT2D eigenvalue weighted by molar-refractivity contribution is 9.10. The molecule has 4 heteroatoms. The third-order valence-corrected chi connectivity index (χ3v) is 2.91. The molecular formula is C10H14BrN3. The molecule has 1 aliphatic heterocycles. The van der Waals surface area contributed by atoms with Gasteiger partial charge in [0.2, 0.25) is 5.95 Å². The van der Waals surface area contributed by atoms with Crippen LogP contribution in [0, 0.1) is 0 Å². The molecule has 0 atom stereocenters. The van der Waals surface area contributed by atoms with Gasteiger partial charge in [-0.05, 0) is 28.8 Å². The Morgan fingerprint density at radius 2 is 1.57 bits per heavy atom. The highest BCUT2D eigenvalue weighted by atomic mass is 79.9. The second kappa shape index (κ2) is 4.73. The van der Waals surface area contributed by atoms with Crippen LogP contribution in [-0.2, 0) is 0 Å². The van der Waals surface area contributed by atoms with Crippen LogP contribution in [0.3, 0.4) is 0 Å². The minimum absolute atomic E-state index is 0.870. The van der Waals surface area contributed by atoms with E-state index in [1.54, 1.807) is 0 Å². The van der Waals surface area contributed by atoms with Crippen molar-refractivity contribution in [1.29, 1.82) is 0 Å². The third-order valence-electron chi connectivity index (χ3n) is 2.50. The van der Waals surface area contributed by atoms with Gasteiger partial charge in [0.1, 0.15) is 0 Å². The molecule has 1 aliphatic rings. The summed E-state index contributed by atoms with van der Waals surface area (Å²) in [7, 11) is 0. The van der Waals surface area contributed by atoms with E-state index in [0.717, 1.165) is 23.5 Å². The summed E-state index contributed by atoms with van der Waals surface area (Å²) >= 11 is 3.34. The van der Waals surface area contributed by atoms with Crippen LogP contribution in [0.1, 0.15) is 25.7 Å². The Bertz CT molecular complexity index is 278. The molecule has 0 radical (unpaired) electrons. The van der Waals surface area contributed by atoms with E-state index in [1.165, 1.54) is 25.7 Å². The molecule has 1 fully saturated rings. The first-order valence-electron chi connectivity index (χ1n) is 5.09. The normalized spacial score (nSPS) is 17.9. The van der Waals surface area contributed by atoms with Gasteiger partial charge >= 0.3 is 0 Å². The predicted molar refractivity (Wildman–Crippen MR) is 60.4 cm³/mol. The van der Waals surface area contributed by atoms with Gasteiger partial charge in [-0.25, -0.2) is 9.97 Å². The summed E-state index contributed by atoms with van der Waals surface area (Å²) in [5, 5.41) is 0. The maximum absolute atomic E-state index is 4.31. The van der Waals surface area contributed by atoms with Crippen LogP contribution in [0.2, 0.25) is 0 Å². The lowest BCUT2D eigenvalue weighted by Gasteiger charge is -2.19. The molecule has 1 saturated heterocycles. The van der Waals surface area contributed by atoms with E-state index in [-0.39, 0.29) is 0 Å². The lowest BCUT2D eigenvalue weighted by atomic mass is 10.2. The first-order valence-corrected chi connectivity index (χ1v) is 5.88. The molecule has 3 nitrogen and oxygen atoms in total. The second-order valence-corrected chi connectivity index (χ2v) is 4.52. The number of anilines is 1. The maximum Gasteiger partial charge on any atom is 0.225 e. The van der Waals surface area contributed by atoms with Crippen molar-refractivity contribution in [1.82, 2.24) is 9.97 Å². The van der Waals surface area contributed by atoms with Gasteiger partial charge in [0, 0.05) is 25.5 Å². The molecular weight excluding hydrogens is 242 g/mol. The summed E-state index contributed by atoms with van der Waals surface area (Å²) in [6.07, 6.45) is 8.83. The van der Waals surface area contributed by atoms with Crippen molar-refractivity contribution in [2.75, 3.05) is 18.0 Å². The first kappa shape index (κ1) is 9.90. The zero-order valence-corrected chi connectivity index (χ0v) is 9.70. The fraction of sp³-hybridized carbons (Fsp3) is 0.600. The first-order chi connectivity index (χ1) is 6.86. The van der Waals surface area contributed by atoms with Crippen molar-refractivity contribution in [3.63, 3.8) is 0 Å². The molecule has 76 valence electrons. The molecule has 0 aliphatic carbocycles. The van der Waals surface area contributed by atoms with Gasteiger partial charge in [0.25, 0.3) is 0 Å². The van der Waals surface area contributed by atoms with Gasteiger partial charge in [-0.15, -0.1) is 0 Å². The van der Waals surface area contributed by atoms with Crippen molar-refractivity contribution >= 4 is 21.9 Å². The second-order valence-electron chi connectivity index (χ2n) is 3.60. The summed E-state index contributed by atoms with van der Waals surface area (Å²) in [6, 6.07) is 0. The SMILES string of the molecule is Brc1cnc(N2CCCCCC2)nc1. The lowest BCUT2D eigenvalue weighted by Crippen LogP contribution is -2.25. The molecule has 2 rings (SSSR count). The summed E-state index contributed by atoms with van der Waals surface area (Å²) in [6.45, 7) is 2.20. The Kier molecular flexibility index (Phi) is 3.35. The molecule has 0 N–H and O–H groups in total. The van der Waals surface area contributed by atoms with Crippen molar-refractivity contribution < 1.29 is 0 Å². The van der Waals surface area contributed by atoms with E-state index in [0.29, 0.717) is 0 Å². The molecule has 0 amide bonds. The van der Waals surface area contributed by atoms with Gasteiger partial charge in [0.15, 0.2) is 0 Å². The van der Waals surface area contributed by atoms with E-state index in [9.17, 15) is 0 Å². The van der Waals surface area contributed by atoms with E-state index in [1.807, 2.05) is 12.4 Å². The lowest BCUT2D eigenvalue weighted by molar-refractivity contribution is 0.726. The monoisotopic (exact) mass is 255 g/mol. The van der Waals surface area contributed by atoms with Crippen molar-refractivity contribution in [3.05, 3.63) is 16.9 Å². The summed E-state index contributed by atoms with van der Waals surface area (Å²) < 4.78 is 0.941. The minimum atomic E-state index is 0.870. The number of rotatable bonds is 1. The van der Waals surface area contributed by atoms with Crippen LogP contribution < -0.4 is 4.90 Å². The maximum atomic E-state index is 4.31. The molecule has 14 heavy (non-hydrogen) atoms. The highest BCUT2D eigenvalue weighted by Crippen LogP contribution is 2.16. The summed E-state index contributed by atoms with van der Waals surface area (Å²) in [4.78, 5) is 10.9. The van der Waals surface area contributed by atoms with Gasteiger partial charge in [-0.1, -0.05) is 12.8 Å². The number of nitrogens with zero attached hydrogens (tertiary/aromatic N) is 3. The predicted octanol–water partition coefficient (Wildman–Crippen LogP) is 2.62. The zero-order chi connectivity index (χ0) is 9.80. The zero-order valence-electron chi connectivity index (χ0n) is 8.12. The average molecular weight is 256 g/mol. The van der Waals surface area contributed by atoms with Crippen LogP contribution in [0.5, 0.6) is 0 Å². The molecule has 0 bridgehead atoms. The largest absolute Gasteiger partial charge is 0.341 e. The number of aromatic nitrogens is 2. The van der Waals surface area contributed by atoms with Crippen LogP contribution in [0.4, 0.5) is 5.95 Å². The fourth-order valence-corrected chi connectivity index (χ4v) is 1.94. The molecule has 1 aromatic heterocycles. The quantitative estimate of drug-likeness (QED) is 0.773. The molecule has 1 aromatic rings. The Hall–Kier alpha value is -0.640. The van der Waals surface area contributed by atoms with Gasteiger partial charge in [-0.3, -0.25) is 0 Å². The number of halogens is 1. The standard InChI is InChI=1S/C10H14BrN3/c11-9-7-12-10(13-8-9)14-5-3-1-2-4-6-14/h7-8H,1-6H2. The van der Waals surface area contributed by atoms with Gasteiger partial charge in [0.05, 0.1) is 4.47 Å². The number of hydrogen-bond donors (Lipinski definition) is 0. The van der Waals surface area contributed by atoms with Crippen LogP contribution in [0.15, 0.2) is 16.9 Å². The van der Waals surface area contributed by atoms with Crippen LogP contribution >= 0.6 is 15.9 Å². The summed E-state index contributed by atoms with van der Waals surface area (Å²) in [5.74, 6) is 0.870. The van der Waals surface area contributed by atoms with Crippen LogP contribution in [0.25, 0.3) is 0 Å². The molecule has 0 aromatic carbocycles. The van der Waals surface area contributed by atoms with E-state index < -0.39 is 0 Å². The van der Waals surface area contributed by atoms with E-state index >= 15 is 0 Å². The fourth-order valence-electron chi connectivity index (χ4n) is 1.74. The van der Waals surface area contributed by atoms with Gasteiger partial charge < -0.3 is 4.90 Å². The Balaban J connectivity index is 2.08. The Labute approximate surface area is 92.7 Å². The highest BCUT2D eigenvalue weighted by Gasteiger charge is 2.11. The summed E-state index contributed by atoms with van der Waals surface area (Å²) in [5.41, 5.74) is 0. The minimum Gasteiger partial charge on any atom is -0.341 e. The molecule has 2 heterocycles. The van der Waals surface area contributed by atoms with Crippen molar-refractivity contribution in [2.24, 2.45) is 0 Å². The topological polar surface area (TPSA) is 29.0 Å². The van der Waals surface area contributed by atoms with E-state index in [2.05, 4.69) is 30.8 Å². The third kappa shape index (κ3) is 2.44. The molecule has 0 spiro atoms. The number of hydrogen-bond acceptors (Lipinski definition) is 3. The van der Waals surface area contributed by atoms with Crippen molar-refractivity contribution in [3.8, 4) is 0 Å². The Morgan fingerprint density at radius 1 is 1.00 bits per heavy atom. The average Bonchev–Trinajstić information content (AvgIpc) is 2.47. The van der Waals surface area contributed by atoms with Gasteiger partial charge in [-0.2, -0.15) is 0 Å². The molecule has 0 saturated carbocycles.